The van der Waals surface area contributed by atoms with Gasteiger partial charge in [-0.3, -0.25) is 0 Å². The molecule has 2 aromatic rings. The molecule has 5 nitrogen and oxygen atoms in total. The van der Waals surface area contributed by atoms with Crippen molar-refractivity contribution in [2.24, 2.45) is 0 Å². The number of hydrogen-bond acceptors (Lipinski definition) is 4. The third-order valence-electron chi connectivity index (χ3n) is 4.18. The number of carboxylic acids is 1. The molecule has 2 rings (SSSR count). The smallest absolute Gasteiger partial charge is 0.336 e. The van der Waals surface area contributed by atoms with E-state index in [2.05, 4.69) is 23.8 Å². The molecule has 0 aliphatic rings. The number of benzene rings is 2. The van der Waals surface area contributed by atoms with Crippen molar-refractivity contribution >= 4 is 27.8 Å². The summed E-state index contributed by atoms with van der Waals surface area (Å²) in [4.78, 5) is 12.4. The number of thioether (sulfide) groups is 1. The Bertz CT molecular complexity index is 897. The van der Waals surface area contributed by atoms with Crippen LogP contribution in [0.2, 0.25) is 0 Å². The Morgan fingerprint density at radius 2 is 1.85 bits per heavy atom. The molecular weight excluding hydrogens is 370 g/mol. The molecule has 0 saturated carbocycles. The van der Waals surface area contributed by atoms with Crippen LogP contribution in [0, 0.1) is 13.8 Å². The molecule has 0 aliphatic heterocycles. The average molecular weight is 396 g/mol. The molecule has 0 saturated heterocycles. The highest BCUT2D eigenvalue weighted by molar-refractivity contribution is 7.99. The van der Waals surface area contributed by atoms with E-state index in [1.54, 1.807) is 25.6 Å². The van der Waals surface area contributed by atoms with E-state index in [-0.39, 0.29) is 18.4 Å². The highest BCUT2D eigenvalue weighted by atomic mass is 32.2. The Hall–Kier alpha value is -1.83. The van der Waals surface area contributed by atoms with Crippen LogP contribution in [-0.4, -0.2) is 31.8 Å². The lowest BCUT2D eigenvalue weighted by atomic mass is 10.0. The number of carbonyl (C=O) groups is 1. The fourth-order valence-electron chi connectivity index (χ4n) is 2.45. The number of carboxylic acid groups (broad SMARTS) is 1. The minimum atomic E-state index is -3.75. The lowest BCUT2D eigenvalue weighted by Crippen LogP contribution is -2.26. The van der Waals surface area contributed by atoms with Gasteiger partial charge in [0, 0.05) is 18.6 Å². The first-order valence-electron chi connectivity index (χ1n) is 8.30. The lowest BCUT2D eigenvalue weighted by Gasteiger charge is -2.11. The highest BCUT2D eigenvalue weighted by Gasteiger charge is 2.19. The zero-order valence-electron chi connectivity index (χ0n) is 15.1. The fourth-order valence-corrected chi connectivity index (χ4v) is 4.49. The van der Waals surface area contributed by atoms with Crippen molar-refractivity contribution in [3.05, 3.63) is 58.7 Å². The van der Waals surface area contributed by atoms with Crippen molar-refractivity contribution in [1.29, 1.82) is 0 Å². The van der Waals surface area contributed by atoms with Gasteiger partial charge in [0.25, 0.3) is 0 Å². The van der Waals surface area contributed by atoms with Gasteiger partial charge in [0.05, 0.1) is 10.5 Å². The number of aromatic carboxylic acids is 1. The molecule has 0 aliphatic carbocycles. The number of aryl methyl sites for hydroxylation is 2. The topological polar surface area (TPSA) is 83.5 Å². The Labute approximate surface area is 160 Å². The first-order chi connectivity index (χ1) is 12.2. The summed E-state index contributed by atoms with van der Waals surface area (Å²) < 4.78 is 27.4. The molecule has 0 spiro atoms. The van der Waals surface area contributed by atoms with E-state index in [4.69, 9.17) is 0 Å². The predicted molar refractivity (Wildman–Crippen MR) is 107 cm³/mol. The Morgan fingerprint density at radius 1 is 1.19 bits per heavy atom. The van der Waals surface area contributed by atoms with Crippen LogP contribution in [0.4, 0.5) is 0 Å². The van der Waals surface area contributed by atoms with Gasteiger partial charge in [0.1, 0.15) is 0 Å². The van der Waals surface area contributed by atoms with Gasteiger partial charge in [0.2, 0.25) is 10.0 Å². The number of rotatable bonds is 8. The zero-order chi connectivity index (χ0) is 19.3. The maximum absolute atomic E-state index is 12.5. The van der Waals surface area contributed by atoms with Gasteiger partial charge in [-0.25, -0.2) is 17.9 Å². The van der Waals surface area contributed by atoms with E-state index in [9.17, 15) is 18.3 Å². The van der Waals surface area contributed by atoms with Crippen LogP contribution < -0.4 is 4.72 Å². The van der Waals surface area contributed by atoms with Crippen molar-refractivity contribution in [1.82, 2.24) is 4.72 Å². The van der Waals surface area contributed by atoms with Gasteiger partial charge in [0.15, 0.2) is 0 Å². The molecule has 0 unspecified atom stereocenters. The van der Waals surface area contributed by atoms with Gasteiger partial charge in [-0.1, -0.05) is 19.1 Å². The summed E-state index contributed by atoms with van der Waals surface area (Å²) in [6, 6.07) is 10.9. The van der Waals surface area contributed by atoms with Crippen LogP contribution in [0.25, 0.3) is 0 Å². The summed E-state index contributed by atoms with van der Waals surface area (Å²) in [5.74, 6) is -0.546. The molecule has 142 valence electrons. The molecule has 2 aromatic carbocycles. The van der Waals surface area contributed by atoms with Gasteiger partial charge in [-0.15, -0.1) is 11.8 Å². The molecule has 2 N–H and O–H groups in total. The van der Waals surface area contributed by atoms with Crippen LogP contribution in [0.1, 0.15) is 35.4 Å². The second-order valence-corrected chi connectivity index (χ2v) is 8.90. The van der Waals surface area contributed by atoms with E-state index in [0.717, 1.165) is 11.3 Å². The molecule has 0 atom stereocenters. The molecule has 26 heavy (non-hydrogen) atoms. The second kappa shape index (κ2) is 8.70. The van der Waals surface area contributed by atoms with E-state index >= 15 is 0 Å². The van der Waals surface area contributed by atoms with Crippen LogP contribution >= 0.6 is 11.8 Å². The maximum Gasteiger partial charge on any atom is 0.336 e. The SMILES string of the molecule is CCc1ccc(SCCNS(=O)(=O)c2cc(C)c(C)c(C(=O)O)c2)cc1.[HH]. The average Bonchev–Trinajstić information content (AvgIpc) is 2.61. The van der Waals surface area contributed by atoms with E-state index in [1.807, 2.05) is 12.1 Å². The van der Waals surface area contributed by atoms with Crippen LogP contribution in [-0.2, 0) is 16.4 Å². The van der Waals surface area contributed by atoms with Crippen LogP contribution in [0.5, 0.6) is 0 Å². The number of nitrogens with one attached hydrogen (secondary N) is 1. The van der Waals surface area contributed by atoms with Gasteiger partial charge < -0.3 is 5.11 Å². The summed E-state index contributed by atoms with van der Waals surface area (Å²) >= 11 is 1.57. The Morgan fingerprint density at radius 3 is 2.42 bits per heavy atom. The summed E-state index contributed by atoms with van der Waals surface area (Å²) in [6.07, 6.45) is 0.985. The predicted octanol–water partition coefficient (Wildman–Crippen LogP) is 3.88. The first kappa shape index (κ1) is 20.5. The monoisotopic (exact) mass is 395 g/mol. The van der Waals surface area contributed by atoms with Crippen molar-refractivity contribution in [3.63, 3.8) is 0 Å². The third kappa shape index (κ3) is 5.09. The molecule has 0 aromatic heterocycles. The summed E-state index contributed by atoms with van der Waals surface area (Å²) in [7, 11) is -3.75. The lowest BCUT2D eigenvalue weighted by molar-refractivity contribution is 0.0695. The standard InChI is InChI=1S/C19H23NO4S2.H2/c1-4-15-5-7-16(8-6-15)25-10-9-20-26(23,24)17-11-13(2)14(3)18(12-17)19(21)22;/h5-8,11-12,20H,4,9-10H2,1-3H3,(H,21,22);1H. The Kier molecular flexibility index (Phi) is 6.86. The van der Waals surface area contributed by atoms with E-state index in [0.29, 0.717) is 16.9 Å². The van der Waals surface area contributed by atoms with Gasteiger partial charge in [-0.05, 0) is 61.2 Å². The summed E-state index contributed by atoms with van der Waals surface area (Å²) in [5.41, 5.74) is 2.48. The number of hydrogen-bond donors (Lipinski definition) is 2. The largest absolute Gasteiger partial charge is 0.478 e. The van der Waals surface area contributed by atoms with Crippen molar-refractivity contribution in [2.45, 2.75) is 37.0 Å². The molecule has 0 fully saturated rings. The normalized spacial score (nSPS) is 11.5. The highest BCUT2D eigenvalue weighted by Crippen LogP contribution is 2.21. The second-order valence-electron chi connectivity index (χ2n) is 5.96. The maximum atomic E-state index is 12.5. The van der Waals surface area contributed by atoms with Crippen molar-refractivity contribution in [3.8, 4) is 0 Å². The Balaban J connectivity index is 0.00000364. The molecule has 0 amide bonds. The van der Waals surface area contributed by atoms with Crippen molar-refractivity contribution < 1.29 is 19.7 Å². The van der Waals surface area contributed by atoms with Gasteiger partial charge >= 0.3 is 5.97 Å². The minimum absolute atomic E-state index is 0. The minimum Gasteiger partial charge on any atom is -0.478 e. The van der Waals surface area contributed by atoms with Crippen LogP contribution in [0.3, 0.4) is 0 Å². The molecule has 7 heteroatoms. The van der Waals surface area contributed by atoms with E-state index in [1.165, 1.54) is 17.7 Å². The summed E-state index contributed by atoms with van der Waals surface area (Å²) in [6.45, 7) is 5.73. The quantitative estimate of drug-likeness (QED) is 0.523. The zero-order valence-corrected chi connectivity index (χ0v) is 16.7. The van der Waals surface area contributed by atoms with Gasteiger partial charge in [-0.2, -0.15) is 0 Å². The van der Waals surface area contributed by atoms with Crippen LogP contribution in [0.15, 0.2) is 46.2 Å². The number of sulfonamides is 1. The van der Waals surface area contributed by atoms with E-state index < -0.39 is 16.0 Å². The third-order valence-corrected chi connectivity index (χ3v) is 6.63. The molecule has 0 heterocycles. The fraction of sp³-hybridized carbons (Fsp3) is 0.316. The first-order valence-corrected chi connectivity index (χ1v) is 10.8. The summed E-state index contributed by atoms with van der Waals surface area (Å²) in [5, 5.41) is 9.24. The van der Waals surface area contributed by atoms with Crippen molar-refractivity contribution in [2.75, 3.05) is 12.3 Å². The molecular formula is C19H25NO4S2. The molecule has 0 bridgehead atoms. The molecule has 0 radical (unpaired) electrons.